The maximum Gasteiger partial charge on any atom is 2.00 e. The van der Waals surface area contributed by atoms with Gasteiger partial charge in [0.25, 0.3) is 0 Å². The van der Waals surface area contributed by atoms with E-state index in [1.54, 1.807) is 24.3 Å². The first-order chi connectivity index (χ1) is 12.6. The number of aryl methyl sites for hydroxylation is 2. The van der Waals surface area contributed by atoms with Crippen molar-refractivity contribution in [2.24, 2.45) is 0 Å². The molecule has 138 valence electrons. The summed E-state index contributed by atoms with van der Waals surface area (Å²) >= 11 is 0. The Morgan fingerprint density at radius 2 is 0.963 bits per heavy atom. The summed E-state index contributed by atoms with van der Waals surface area (Å²) in [5.41, 5.74) is 2.34. The molecule has 4 rings (SSSR count). The SMILES string of the molecule is Cc1ccc(O)cc1.Cc1ccc(O)cc1.[C-]1=CC=CC1.[C-]1=CC=CC1.[Zr+2]. The number of phenolic OH excluding ortho intramolecular Hbond substituents is 2. The number of phenols is 2. The van der Waals surface area contributed by atoms with Gasteiger partial charge in [0.15, 0.2) is 0 Å². The van der Waals surface area contributed by atoms with Crippen molar-refractivity contribution in [1.29, 1.82) is 0 Å². The Labute approximate surface area is 182 Å². The molecule has 0 unspecified atom stereocenters. The molecule has 0 aromatic heterocycles. The molecule has 0 amide bonds. The Hall–Kier alpha value is -2.12. The van der Waals surface area contributed by atoms with Gasteiger partial charge < -0.3 is 10.2 Å². The molecule has 2 aliphatic carbocycles. The molecule has 0 fully saturated rings. The van der Waals surface area contributed by atoms with Crippen molar-refractivity contribution in [3.05, 3.63) is 108 Å². The third kappa shape index (κ3) is 14.7. The van der Waals surface area contributed by atoms with E-state index in [0.717, 1.165) is 12.8 Å². The van der Waals surface area contributed by atoms with E-state index in [1.165, 1.54) is 11.1 Å². The zero-order chi connectivity index (χ0) is 19.0. The molecule has 0 heterocycles. The van der Waals surface area contributed by atoms with E-state index < -0.39 is 0 Å². The van der Waals surface area contributed by atoms with Gasteiger partial charge in [-0.3, -0.25) is 12.2 Å². The molecule has 0 saturated carbocycles. The van der Waals surface area contributed by atoms with Crippen molar-refractivity contribution < 1.29 is 36.4 Å². The first kappa shape index (κ1) is 24.9. The fraction of sp³-hybridized carbons (Fsp3) is 0.167. The first-order valence-corrected chi connectivity index (χ1v) is 8.52. The number of rotatable bonds is 0. The van der Waals surface area contributed by atoms with E-state index in [9.17, 15) is 0 Å². The molecule has 27 heavy (non-hydrogen) atoms. The summed E-state index contributed by atoms with van der Waals surface area (Å²) < 4.78 is 0. The van der Waals surface area contributed by atoms with Gasteiger partial charge in [-0.2, -0.15) is 12.2 Å². The van der Waals surface area contributed by atoms with Crippen molar-refractivity contribution in [3.63, 3.8) is 0 Å². The van der Waals surface area contributed by atoms with Gasteiger partial charge in [-0.25, -0.2) is 24.3 Å². The van der Waals surface area contributed by atoms with E-state index in [1.807, 2.05) is 62.4 Å². The molecule has 0 aliphatic heterocycles. The van der Waals surface area contributed by atoms with E-state index in [0.29, 0.717) is 11.5 Å². The third-order valence-electron chi connectivity index (χ3n) is 3.24. The van der Waals surface area contributed by atoms with Crippen LogP contribution in [0.3, 0.4) is 0 Å². The summed E-state index contributed by atoms with van der Waals surface area (Å²) in [7, 11) is 0. The molecule has 2 aromatic carbocycles. The van der Waals surface area contributed by atoms with Gasteiger partial charge >= 0.3 is 26.2 Å². The molecular formula is C24H26O2Zr. The molecule has 2 N–H and O–H groups in total. The standard InChI is InChI=1S/2C7H8O.2C5H5.Zr/c2*1-6-2-4-7(8)5-3-6;2*1-2-4-5-3-1;/h2*2-5,8H,1H3;2*1-3H,4H2;/q;;2*-1;+2. The molecule has 0 saturated heterocycles. The average molecular weight is 438 g/mol. The van der Waals surface area contributed by atoms with Crippen LogP contribution >= 0.6 is 0 Å². The van der Waals surface area contributed by atoms with Crippen molar-refractivity contribution in [2.75, 3.05) is 0 Å². The van der Waals surface area contributed by atoms with Crippen LogP contribution in [-0.2, 0) is 26.2 Å². The number of hydrogen-bond acceptors (Lipinski definition) is 2. The number of benzene rings is 2. The molecule has 3 heteroatoms. The van der Waals surface area contributed by atoms with Crippen molar-refractivity contribution in [1.82, 2.24) is 0 Å². The summed E-state index contributed by atoms with van der Waals surface area (Å²) in [4.78, 5) is 0. The van der Waals surface area contributed by atoms with Crippen molar-refractivity contribution >= 4 is 0 Å². The molecule has 0 radical (unpaired) electrons. The van der Waals surface area contributed by atoms with E-state index in [2.05, 4.69) is 24.3 Å². The second kappa shape index (κ2) is 16.1. The Kier molecular flexibility index (Phi) is 14.8. The van der Waals surface area contributed by atoms with Gasteiger partial charge in [-0.15, -0.1) is 12.8 Å². The van der Waals surface area contributed by atoms with Gasteiger partial charge in [-0.05, 0) is 38.1 Å². The normalized spacial score (nSPS) is 11.9. The van der Waals surface area contributed by atoms with E-state index in [4.69, 9.17) is 10.2 Å². The summed E-state index contributed by atoms with van der Waals surface area (Å²) in [6.07, 6.45) is 20.0. The Bertz CT molecular complexity index is 596. The van der Waals surface area contributed by atoms with Crippen LogP contribution in [0.15, 0.2) is 85.0 Å². The Morgan fingerprint density at radius 1 is 0.630 bits per heavy atom. The molecule has 0 spiro atoms. The number of hydrogen-bond donors (Lipinski definition) is 2. The smallest absolute Gasteiger partial charge is 0.508 e. The largest absolute Gasteiger partial charge is 2.00 e. The van der Waals surface area contributed by atoms with Crippen molar-refractivity contribution in [2.45, 2.75) is 26.7 Å². The molecule has 2 nitrogen and oxygen atoms in total. The molecular weight excluding hydrogens is 411 g/mol. The maximum absolute atomic E-state index is 8.76. The molecule has 2 aromatic rings. The maximum atomic E-state index is 8.76. The van der Waals surface area contributed by atoms with Gasteiger partial charge in [0, 0.05) is 0 Å². The van der Waals surface area contributed by atoms with Gasteiger partial charge in [0.1, 0.15) is 11.5 Å². The van der Waals surface area contributed by atoms with E-state index in [-0.39, 0.29) is 26.2 Å². The quantitative estimate of drug-likeness (QED) is 0.496. The van der Waals surface area contributed by atoms with Gasteiger partial charge in [-0.1, -0.05) is 35.4 Å². The first-order valence-electron chi connectivity index (χ1n) is 8.52. The van der Waals surface area contributed by atoms with Crippen LogP contribution in [0.25, 0.3) is 0 Å². The van der Waals surface area contributed by atoms with Crippen LogP contribution in [0.5, 0.6) is 11.5 Å². The zero-order valence-corrected chi connectivity index (χ0v) is 18.3. The predicted octanol–water partition coefficient (Wildman–Crippen LogP) is 6.01. The molecule has 0 atom stereocenters. The van der Waals surface area contributed by atoms with Gasteiger partial charge in [0.2, 0.25) is 0 Å². The summed E-state index contributed by atoms with van der Waals surface area (Å²) in [6.45, 7) is 3.97. The van der Waals surface area contributed by atoms with Crippen LogP contribution in [0.4, 0.5) is 0 Å². The van der Waals surface area contributed by atoms with Crippen LogP contribution in [0.1, 0.15) is 24.0 Å². The summed E-state index contributed by atoms with van der Waals surface area (Å²) in [5, 5.41) is 17.5. The van der Waals surface area contributed by atoms with E-state index >= 15 is 0 Å². The zero-order valence-electron chi connectivity index (χ0n) is 15.9. The number of aromatic hydroxyl groups is 2. The summed E-state index contributed by atoms with van der Waals surface area (Å²) in [5.74, 6) is 0.659. The minimum atomic E-state index is 0. The monoisotopic (exact) mass is 436 g/mol. The second-order valence-corrected chi connectivity index (χ2v) is 5.68. The van der Waals surface area contributed by atoms with Crippen LogP contribution in [-0.4, -0.2) is 10.2 Å². The average Bonchev–Trinajstić information content (AvgIpc) is 3.39. The molecule has 2 aliphatic rings. The minimum absolute atomic E-state index is 0. The summed E-state index contributed by atoms with van der Waals surface area (Å²) in [6, 6.07) is 14.2. The fourth-order valence-electron chi connectivity index (χ4n) is 1.77. The number of allylic oxidation sites excluding steroid dienone is 8. The fourth-order valence-corrected chi connectivity index (χ4v) is 1.77. The topological polar surface area (TPSA) is 40.5 Å². The third-order valence-corrected chi connectivity index (χ3v) is 3.24. The minimum Gasteiger partial charge on any atom is -0.508 e. The second-order valence-electron chi connectivity index (χ2n) is 5.68. The van der Waals surface area contributed by atoms with Crippen LogP contribution in [0, 0.1) is 26.0 Å². The Balaban J connectivity index is 0.000000337. The van der Waals surface area contributed by atoms with Crippen molar-refractivity contribution in [3.8, 4) is 11.5 Å². The Morgan fingerprint density at radius 3 is 1.11 bits per heavy atom. The molecule has 0 bridgehead atoms. The van der Waals surface area contributed by atoms with Gasteiger partial charge in [0.05, 0.1) is 0 Å². The van der Waals surface area contributed by atoms with Crippen LogP contribution in [0.2, 0.25) is 0 Å². The van der Waals surface area contributed by atoms with Crippen LogP contribution < -0.4 is 0 Å². The predicted molar refractivity (Wildman–Crippen MR) is 109 cm³/mol.